The van der Waals surface area contributed by atoms with Crippen molar-refractivity contribution in [3.63, 3.8) is 0 Å². The molecule has 0 spiro atoms. The second-order valence-corrected chi connectivity index (χ2v) is 4.96. The summed E-state index contributed by atoms with van der Waals surface area (Å²) in [5.41, 5.74) is 8.57. The number of imidazole rings is 1. The lowest BCUT2D eigenvalue weighted by molar-refractivity contribution is 0.423. The predicted molar refractivity (Wildman–Crippen MR) is 78.6 cm³/mol. The highest BCUT2D eigenvalue weighted by molar-refractivity contribution is 5.44. The molecule has 6 heteroatoms. The number of hydrogen-bond donors (Lipinski definition) is 1. The molecule has 0 fully saturated rings. The molecular formula is C15H17N5O. The van der Waals surface area contributed by atoms with Crippen LogP contribution in [0.15, 0.2) is 41.3 Å². The molecule has 21 heavy (non-hydrogen) atoms. The van der Waals surface area contributed by atoms with Gasteiger partial charge in [0, 0.05) is 25.7 Å². The lowest BCUT2D eigenvalue weighted by Gasteiger charge is -1.97. The molecule has 2 aromatic heterocycles. The first kappa shape index (κ1) is 13.5. The third kappa shape index (κ3) is 3.17. The number of benzene rings is 1. The van der Waals surface area contributed by atoms with Crippen LogP contribution >= 0.6 is 0 Å². The smallest absolute Gasteiger partial charge is 0.278 e. The number of nitrogens with two attached hydrogens (primary N) is 1. The van der Waals surface area contributed by atoms with Crippen molar-refractivity contribution >= 4 is 0 Å². The Morgan fingerprint density at radius 1 is 1.24 bits per heavy atom. The van der Waals surface area contributed by atoms with Gasteiger partial charge in [0.05, 0.1) is 6.33 Å². The van der Waals surface area contributed by atoms with Crippen LogP contribution in [0.4, 0.5) is 0 Å². The van der Waals surface area contributed by atoms with E-state index in [-0.39, 0.29) is 0 Å². The molecule has 108 valence electrons. The van der Waals surface area contributed by atoms with E-state index in [0.29, 0.717) is 30.4 Å². The van der Waals surface area contributed by atoms with E-state index in [0.717, 1.165) is 12.1 Å². The summed E-state index contributed by atoms with van der Waals surface area (Å²) in [7, 11) is 0. The van der Waals surface area contributed by atoms with Gasteiger partial charge in [-0.05, 0) is 12.5 Å². The first-order valence-electron chi connectivity index (χ1n) is 6.85. The summed E-state index contributed by atoms with van der Waals surface area (Å²) in [5.74, 6) is 1.09. The molecule has 1 aromatic carbocycles. The fourth-order valence-electron chi connectivity index (χ4n) is 2.06. The fraction of sp³-hybridized carbons (Fsp3) is 0.267. The highest BCUT2D eigenvalue weighted by Crippen LogP contribution is 2.16. The van der Waals surface area contributed by atoms with Gasteiger partial charge in [0.1, 0.15) is 5.69 Å². The Morgan fingerprint density at radius 2 is 2.05 bits per heavy atom. The molecule has 3 aromatic rings. The molecule has 0 aliphatic heterocycles. The van der Waals surface area contributed by atoms with Crippen molar-refractivity contribution in [1.82, 2.24) is 19.7 Å². The van der Waals surface area contributed by atoms with E-state index in [2.05, 4.69) is 46.3 Å². The lowest BCUT2D eigenvalue weighted by atomic mass is 10.1. The maximum absolute atomic E-state index is 5.51. The van der Waals surface area contributed by atoms with Crippen molar-refractivity contribution in [2.24, 2.45) is 5.73 Å². The molecule has 6 nitrogen and oxygen atoms in total. The normalized spacial score (nSPS) is 11.0. The summed E-state index contributed by atoms with van der Waals surface area (Å²) >= 11 is 0. The Balaban J connectivity index is 1.74. The van der Waals surface area contributed by atoms with Gasteiger partial charge in [0.25, 0.3) is 5.89 Å². The van der Waals surface area contributed by atoms with E-state index in [4.69, 9.17) is 10.3 Å². The van der Waals surface area contributed by atoms with E-state index in [9.17, 15) is 0 Å². The first-order chi connectivity index (χ1) is 10.2. The Morgan fingerprint density at radius 3 is 2.81 bits per heavy atom. The van der Waals surface area contributed by atoms with Crippen molar-refractivity contribution in [3.05, 3.63) is 53.7 Å². The maximum atomic E-state index is 5.51. The minimum absolute atomic E-state index is 0.438. The zero-order valence-corrected chi connectivity index (χ0v) is 11.9. The Bertz CT molecular complexity index is 714. The van der Waals surface area contributed by atoms with Crippen LogP contribution in [0, 0.1) is 6.92 Å². The van der Waals surface area contributed by atoms with Crippen LogP contribution in [0.25, 0.3) is 11.6 Å². The van der Waals surface area contributed by atoms with Crippen LogP contribution in [-0.4, -0.2) is 26.2 Å². The van der Waals surface area contributed by atoms with Crippen LogP contribution in [0.5, 0.6) is 0 Å². The van der Waals surface area contributed by atoms with Gasteiger partial charge in [-0.2, -0.15) is 4.98 Å². The van der Waals surface area contributed by atoms with Gasteiger partial charge >= 0.3 is 0 Å². The second-order valence-electron chi connectivity index (χ2n) is 4.96. The molecule has 0 saturated heterocycles. The number of aryl methyl sites for hydroxylation is 1. The summed E-state index contributed by atoms with van der Waals surface area (Å²) in [5, 5.41) is 4.01. The predicted octanol–water partition coefficient (Wildman–Crippen LogP) is 1.79. The lowest BCUT2D eigenvalue weighted by Crippen LogP contribution is -2.07. The second kappa shape index (κ2) is 5.88. The van der Waals surface area contributed by atoms with E-state index in [1.807, 2.05) is 10.8 Å². The third-order valence-corrected chi connectivity index (χ3v) is 3.19. The molecule has 0 aliphatic carbocycles. The summed E-state index contributed by atoms with van der Waals surface area (Å²) < 4.78 is 7.17. The van der Waals surface area contributed by atoms with E-state index in [1.54, 1.807) is 6.33 Å². The van der Waals surface area contributed by atoms with Gasteiger partial charge < -0.3 is 14.8 Å². The molecule has 0 unspecified atom stereocenters. The average molecular weight is 283 g/mol. The first-order valence-corrected chi connectivity index (χ1v) is 6.85. The standard InChI is InChI=1S/C15H17N5O/c1-11-2-4-12(5-3-11)8-14-18-15(21-19-14)13-9-20(7-6-16)10-17-13/h2-5,9-10H,6-8,16H2,1H3. The van der Waals surface area contributed by atoms with Crippen molar-refractivity contribution in [3.8, 4) is 11.6 Å². The molecule has 0 saturated carbocycles. The van der Waals surface area contributed by atoms with Crippen LogP contribution in [-0.2, 0) is 13.0 Å². The van der Waals surface area contributed by atoms with Crippen LogP contribution in [0.1, 0.15) is 17.0 Å². The average Bonchev–Trinajstić information content (AvgIpc) is 3.11. The van der Waals surface area contributed by atoms with Gasteiger partial charge in [-0.3, -0.25) is 0 Å². The third-order valence-electron chi connectivity index (χ3n) is 3.19. The SMILES string of the molecule is Cc1ccc(Cc2noc(-c3cn(CCN)cn3)n2)cc1. The fourth-order valence-corrected chi connectivity index (χ4v) is 2.06. The summed E-state index contributed by atoms with van der Waals surface area (Å²) in [6, 6.07) is 8.29. The van der Waals surface area contributed by atoms with Crippen molar-refractivity contribution < 1.29 is 4.52 Å². The number of nitrogens with zero attached hydrogens (tertiary/aromatic N) is 4. The molecule has 2 heterocycles. The number of hydrogen-bond acceptors (Lipinski definition) is 5. The van der Waals surface area contributed by atoms with Crippen molar-refractivity contribution in [2.45, 2.75) is 19.9 Å². The Kier molecular flexibility index (Phi) is 3.79. The van der Waals surface area contributed by atoms with Crippen LogP contribution < -0.4 is 5.73 Å². The summed E-state index contributed by atoms with van der Waals surface area (Å²) in [6.07, 6.45) is 4.22. The van der Waals surface area contributed by atoms with Crippen molar-refractivity contribution in [2.75, 3.05) is 6.54 Å². The molecular weight excluding hydrogens is 266 g/mol. The molecule has 0 radical (unpaired) electrons. The molecule has 2 N–H and O–H groups in total. The van der Waals surface area contributed by atoms with Crippen LogP contribution in [0.3, 0.4) is 0 Å². The highest BCUT2D eigenvalue weighted by atomic mass is 16.5. The van der Waals surface area contributed by atoms with Gasteiger partial charge in [-0.15, -0.1) is 0 Å². The molecule has 3 rings (SSSR count). The molecule has 0 amide bonds. The number of rotatable bonds is 5. The van der Waals surface area contributed by atoms with Gasteiger partial charge in [0.2, 0.25) is 0 Å². The van der Waals surface area contributed by atoms with Gasteiger partial charge in [0.15, 0.2) is 5.82 Å². The minimum Gasteiger partial charge on any atom is -0.335 e. The zero-order chi connectivity index (χ0) is 14.7. The minimum atomic E-state index is 0.438. The highest BCUT2D eigenvalue weighted by Gasteiger charge is 2.11. The Labute approximate surface area is 122 Å². The van der Waals surface area contributed by atoms with Crippen LogP contribution in [0.2, 0.25) is 0 Å². The monoisotopic (exact) mass is 283 g/mol. The van der Waals surface area contributed by atoms with Gasteiger partial charge in [-0.1, -0.05) is 35.0 Å². The largest absolute Gasteiger partial charge is 0.335 e. The number of aromatic nitrogens is 4. The van der Waals surface area contributed by atoms with E-state index >= 15 is 0 Å². The quantitative estimate of drug-likeness (QED) is 0.772. The summed E-state index contributed by atoms with van der Waals surface area (Å²) in [4.78, 5) is 8.63. The molecule has 0 atom stereocenters. The molecule has 0 aliphatic rings. The van der Waals surface area contributed by atoms with Crippen molar-refractivity contribution in [1.29, 1.82) is 0 Å². The summed E-state index contributed by atoms with van der Waals surface area (Å²) in [6.45, 7) is 3.35. The zero-order valence-electron chi connectivity index (χ0n) is 11.9. The van der Waals surface area contributed by atoms with E-state index < -0.39 is 0 Å². The maximum Gasteiger partial charge on any atom is 0.278 e. The van der Waals surface area contributed by atoms with Gasteiger partial charge in [-0.25, -0.2) is 4.98 Å². The molecule has 0 bridgehead atoms. The Hall–Kier alpha value is -2.47. The topological polar surface area (TPSA) is 82.8 Å². The van der Waals surface area contributed by atoms with E-state index in [1.165, 1.54) is 5.56 Å².